The minimum absolute atomic E-state index is 0. The molecule has 0 aliphatic heterocycles. The van der Waals surface area contributed by atoms with Crippen molar-refractivity contribution in [2.24, 2.45) is 0 Å². The Hall–Kier alpha value is -1.70. The van der Waals surface area contributed by atoms with E-state index in [9.17, 15) is 31.5 Å². The smallest absolute Gasteiger partial charge is 0.730 e. The third-order valence-electron chi connectivity index (χ3n) is 2.83. The number of para-hydroxylation sites is 1. The molecule has 0 amide bonds. The van der Waals surface area contributed by atoms with Gasteiger partial charge in [0.05, 0.1) is 17.2 Å². The number of hydrogen-bond acceptors (Lipinski definition) is 8. The molecule has 0 N–H and O–H groups in total. The number of nitro groups is 1. The molecule has 0 saturated heterocycles. The largest absolute Gasteiger partial charge is 1.00 e. The van der Waals surface area contributed by atoms with E-state index in [0.29, 0.717) is 6.26 Å². The van der Waals surface area contributed by atoms with Gasteiger partial charge in [-0.1, -0.05) is 18.2 Å². The predicted molar refractivity (Wildman–Crippen MR) is 86.6 cm³/mol. The molecule has 2 aromatic rings. The van der Waals surface area contributed by atoms with Crippen molar-refractivity contribution in [3.05, 3.63) is 58.6 Å². The van der Waals surface area contributed by atoms with Crippen LogP contribution in [0.5, 0.6) is 11.5 Å². The number of non-ortho nitro benzene ring substituents is 1. The van der Waals surface area contributed by atoms with E-state index in [1.54, 1.807) is 18.2 Å². The maximum absolute atomic E-state index is 11.8. The van der Waals surface area contributed by atoms with Gasteiger partial charge in [-0.15, -0.1) is 0 Å². The molecule has 0 fully saturated rings. The Balaban J connectivity index is 0.00000338. The third kappa shape index (κ3) is 5.40. The van der Waals surface area contributed by atoms with Crippen LogP contribution in [0.4, 0.5) is 11.4 Å². The summed E-state index contributed by atoms with van der Waals surface area (Å²) in [5.41, 5.74) is -1.14. The van der Waals surface area contributed by atoms with E-state index < -0.39 is 42.4 Å². The van der Waals surface area contributed by atoms with Crippen molar-refractivity contribution >= 4 is 31.7 Å². The van der Waals surface area contributed by atoms with Crippen LogP contribution < -0.4 is 38.0 Å². The monoisotopic (exact) mass is 410 g/mol. The maximum atomic E-state index is 11.8. The number of sulfonamides is 1. The molecule has 2 rings (SSSR count). The number of benzene rings is 2. The molecular formula is C13H11N2NaO8S2. The van der Waals surface area contributed by atoms with E-state index in [2.05, 4.69) is 0 Å². The van der Waals surface area contributed by atoms with Crippen molar-refractivity contribution in [3.8, 4) is 11.5 Å². The fraction of sp³-hybridized carbons (Fsp3) is 0.0769. The van der Waals surface area contributed by atoms with E-state index in [4.69, 9.17) is 4.74 Å². The normalized spacial score (nSPS) is 11.3. The van der Waals surface area contributed by atoms with Gasteiger partial charge in [0.25, 0.3) is 5.69 Å². The van der Waals surface area contributed by atoms with Gasteiger partial charge in [0.1, 0.15) is 11.4 Å². The molecule has 0 saturated carbocycles. The van der Waals surface area contributed by atoms with Crippen LogP contribution in [-0.2, 0) is 20.3 Å². The zero-order valence-corrected chi connectivity index (χ0v) is 17.2. The Labute approximate surface area is 171 Å². The molecule has 13 heteroatoms. The van der Waals surface area contributed by atoms with Crippen LogP contribution in [0, 0.1) is 10.1 Å². The quantitative estimate of drug-likeness (QED) is 0.245. The molecule has 0 heterocycles. The van der Waals surface area contributed by atoms with Gasteiger partial charge in [0.2, 0.25) is 10.0 Å². The summed E-state index contributed by atoms with van der Waals surface area (Å²) < 4.78 is 62.7. The van der Waals surface area contributed by atoms with Crippen LogP contribution in [0.1, 0.15) is 0 Å². The van der Waals surface area contributed by atoms with Crippen molar-refractivity contribution in [1.29, 1.82) is 0 Å². The molecule has 10 nitrogen and oxygen atoms in total. The van der Waals surface area contributed by atoms with E-state index in [-0.39, 0.29) is 39.0 Å². The van der Waals surface area contributed by atoms with Gasteiger partial charge in [-0.3, -0.25) is 10.1 Å². The van der Waals surface area contributed by atoms with Crippen LogP contribution >= 0.6 is 0 Å². The molecule has 0 atom stereocenters. The van der Waals surface area contributed by atoms with Gasteiger partial charge in [0, 0.05) is 6.07 Å². The third-order valence-corrected chi connectivity index (χ3v) is 5.59. The Morgan fingerprint density at radius 2 is 1.62 bits per heavy atom. The van der Waals surface area contributed by atoms with E-state index >= 15 is 0 Å². The molecule has 2 aromatic carbocycles. The molecular weight excluding hydrogens is 399 g/mol. The molecule has 0 aliphatic rings. The summed E-state index contributed by atoms with van der Waals surface area (Å²) in [7, 11) is -10.0. The van der Waals surface area contributed by atoms with Gasteiger partial charge in [-0.25, -0.2) is 16.8 Å². The fourth-order valence-corrected chi connectivity index (χ4v) is 4.16. The summed E-state index contributed by atoms with van der Waals surface area (Å²) in [6.07, 6.45) is 0.510. The van der Waals surface area contributed by atoms with Crippen molar-refractivity contribution in [2.75, 3.05) is 9.97 Å². The standard InChI is InChI=1S/C13H12N2O8S2.Na/c1-24(18,19)15(25(20,21)22)12-8-7-10(14(16)17)9-13(12)23-11-5-3-2-4-6-11;/h2-9H,1H3,(H,20,21,22);/q;+1/p-1. The van der Waals surface area contributed by atoms with Gasteiger partial charge in [0.15, 0.2) is 16.1 Å². The number of hydrogen-bond donors (Lipinski definition) is 0. The number of anilines is 1. The van der Waals surface area contributed by atoms with Crippen LogP contribution in [-0.4, -0.2) is 32.6 Å². The second kappa shape index (κ2) is 8.33. The molecule has 134 valence electrons. The summed E-state index contributed by atoms with van der Waals surface area (Å²) in [5, 5.41) is 10.9. The molecule has 0 aliphatic carbocycles. The maximum Gasteiger partial charge on any atom is 1.00 e. The van der Waals surface area contributed by atoms with E-state index in [1.807, 2.05) is 0 Å². The minimum atomic E-state index is -5.48. The van der Waals surface area contributed by atoms with Gasteiger partial charge in [-0.2, -0.15) is 3.71 Å². The fourth-order valence-electron chi connectivity index (χ4n) is 1.93. The molecule has 0 spiro atoms. The second-order valence-electron chi connectivity index (χ2n) is 4.74. The van der Waals surface area contributed by atoms with Gasteiger partial charge >= 0.3 is 29.6 Å². The van der Waals surface area contributed by atoms with Gasteiger partial charge < -0.3 is 9.29 Å². The average Bonchev–Trinajstić information content (AvgIpc) is 2.47. The molecule has 26 heavy (non-hydrogen) atoms. The molecule has 0 unspecified atom stereocenters. The zero-order chi connectivity index (χ0) is 18.8. The first-order valence-corrected chi connectivity index (χ1v) is 9.69. The first-order valence-electron chi connectivity index (χ1n) is 6.48. The molecule has 0 radical (unpaired) electrons. The van der Waals surface area contributed by atoms with Crippen LogP contribution in [0.25, 0.3) is 0 Å². The number of rotatable bonds is 6. The Bertz CT molecular complexity index is 978. The summed E-state index contributed by atoms with van der Waals surface area (Å²) in [4.78, 5) is 10.1. The number of nitro benzene ring substituents is 1. The van der Waals surface area contributed by atoms with Crippen molar-refractivity contribution in [2.45, 2.75) is 0 Å². The van der Waals surface area contributed by atoms with Crippen LogP contribution in [0.15, 0.2) is 48.5 Å². The first-order chi connectivity index (χ1) is 11.5. The van der Waals surface area contributed by atoms with E-state index in [0.717, 1.165) is 18.2 Å². The average molecular weight is 410 g/mol. The van der Waals surface area contributed by atoms with Crippen molar-refractivity contribution in [1.82, 2.24) is 0 Å². The number of ether oxygens (including phenoxy) is 1. The topological polar surface area (TPSA) is 147 Å². The predicted octanol–water partition coefficient (Wildman–Crippen LogP) is -1.38. The Morgan fingerprint density at radius 3 is 2.08 bits per heavy atom. The van der Waals surface area contributed by atoms with Crippen LogP contribution in [0.3, 0.4) is 0 Å². The van der Waals surface area contributed by atoms with Crippen molar-refractivity contribution in [3.63, 3.8) is 0 Å². The molecule has 0 aromatic heterocycles. The number of nitrogens with zero attached hydrogens (tertiary/aromatic N) is 2. The zero-order valence-electron chi connectivity index (χ0n) is 13.6. The first kappa shape index (κ1) is 22.3. The minimum Gasteiger partial charge on any atom is -0.730 e. The van der Waals surface area contributed by atoms with Gasteiger partial charge in [-0.05, 0) is 18.2 Å². The van der Waals surface area contributed by atoms with Crippen LogP contribution in [0.2, 0.25) is 0 Å². The summed E-state index contributed by atoms with van der Waals surface area (Å²) in [6.45, 7) is 0. The summed E-state index contributed by atoms with van der Waals surface area (Å²) in [5.74, 6) is -0.328. The van der Waals surface area contributed by atoms with E-state index in [1.165, 1.54) is 12.1 Å². The second-order valence-corrected chi connectivity index (χ2v) is 8.03. The Morgan fingerprint density at radius 1 is 1.04 bits per heavy atom. The summed E-state index contributed by atoms with van der Waals surface area (Å²) in [6, 6.07) is 10.2. The molecule has 0 bridgehead atoms. The van der Waals surface area contributed by atoms with Crippen molar-refractivity contribution < 1.29 is 60.6 Å². The summed E-state index contributed by atoms with van der Waals surface area (Å²) >= 11 is 0. The Kier molecular flexibility index (Phi) is 7.16. The SMILES string of the molecule is CS(=O)(=O)N(c1ccc([N+](=O)[O-])cc1Oc1ccccc1)S(=O)(=O)[O-].[Na+].